The second-order valence-electron chi connectivity index (χ2n) is 7.82. The van der Waals surface area contributed by atoms with Crippen molar-refractivity contribution in [2.75, 3.05) is 0 Å². The van der Waals surface area contributed by atoms with Gasteiger partial charge in [0.1, 0.15) is 17.5 Å². The Morgan fingerprint density at radius 3 is 2.80 bits per heavy atom. The van der Waals surface area contributed by atoms with Crippen LogP contribution in [0.15, 0.2) is 42.5 Å². The first-order valence-electron chi connectivity index (χ1n) is 9.76. The fourth-order valence-corrected chi connectivity index (χ4v) is 4.26. The lowest BCUT2D eigenvalue weighted by atomic mass is 9.99. The molecule has 2 N–H and O–H groups in total. The topological polar surface area (TPSA) is 87.7 Å². The number of aromatic amines is 1. The Morgan fingerprint density at radius 1 is 1.20 bits per heavy atom. The summed E-state index contributed by atoms with van der Waals surface area (Å²) in [5, 5.41) is 9.42. The van der Waals surface area contributed by atoms with Gasteiger partial charge in [0.25, 0.3) is 5.91 Å². The van der Waals surface area contributed by atoms with Crippen molar-refractivity contribution in [1.29, 1.82) is 0 Å². The third-order valence-electron chi connectivity index (χ3n) is 5.80. The minimum Gasteiger partial charge on any atom is -0.339 e. The summed E-state index contributed by atoms with van der Waals surface area (Å²) >= 11 is 0. The zero-order chi connectivity index (χ0) is 20.8. The molecule has 8 heteroatoms. The van der Waals surface area contributed by atoms with Crippen molar-refractivity contribution in [3.8, 4) is 0 Å². The van der Waals surface area contributed by atoms with Crippen LogP contribution < -0.4 is 5.32 Å². The number of amides is 1. The molecule has 5 rings (SSSR count). The Hall–Kier alpha value is -3.42. The van der Waals surface area contributed by atoms with Crippen LogP contribution in [0.3, 0.4) is 0 Å². The molecule has 0 aliphatic heterocycles. The SMILES string of the molecule is O=C(N[C@@H]1C(=O)Cc2c(F)cc(F)cc2[C@@H]2CC12)c1n[nH]c(Cc2ccccc2)n1. The predicted molar refractivity (Wildman–Crippen MR) is 103 cm³/mol. The first-order chi connectivity index (χ1) is 14.5. The van der Waals surface area contributed by atoms with Crippen molar-refractivity contribution in [3.05, 3.63) is 82.4 Å². The van der Waals surface area contributed by atoms with E-state index in [4.69, 9.17) is 0 Å². The van der Waals surface area contributed by atoms with E-state index >= 15 is 0 Å². The average molecular weight is 408 g/mol. The lowest BCUT2D eigenvalue weighted by Crippen LogP contribution is -2.43. The van der Waals surface area contributed by atoms with Gasteiger partial charge in [-0.1, -0.05) is 30.3 Å². The fraction of sp³-hybridized carbons (Fsp3) is 0.273. The van der Waals surface area contributed by atoms with E-state index in [1.165, 1.54) is 6.07 Å². The monoisotopic (exact) mass is 408 g/mol. The number of hydrogen-bond donors (Lipinski definition) is 2. The van der Waals surface area contributed by atoms with Crippen molar-refractivity contribution in [2.24, 2.45) is 5.92 Å². The van der Waals surface area contributed by atoms with Gasteiger partial charge in [-0.2, -0.15) is 0 Å². The van der Waals surface area contributed by atoms with Crippen molar-refractivity contribution in [2.45, 2.75) is 31.2 Å². The van der Waals surface area contributed by atoms with E-state index in [9.17, 15) is 18.4 Å². The van der Waals surface area contributed by atoms with Crippen LogP contribution in [0, 0.1) is 17.6 Å². The zero-order valence-electron chi connectivity index (χ0n) is 15.9. The summed E-state index contributed by atoms with van der Waals surface area (Å²) in [6.45, 7) is 0. The van der Waals surface area contributed by atoms with Crippen LogP contribution in [-0.4, -0.2) is 32.9 Å². The number of fused-ring (bicyclic) bond motifs is 3. The molecule has 3 atom stereocenters. The van der Waals surface area contributed by atoms with Crippen molar-refractivity contribution in [1.82, 2.24) is 20.5 Å². The number of nitrogens with one attached hydrogen (secondary N) is 2. The summed E-state index contributed by atoms with van der Waals surface area (Å²) in [6.07, 6.45) is 0.917. The van der Waals surface area contributed by atoms with Gasteiger partial charge >= 0.3 is 0 Å². The van der Waals surface area contributed by atoms with Gasteiger partial charge in [0.15, 0.2) is 5.78 Å². The molecule has 1 fully saturated rings. The molecule has 152 valence electrons. The van der Waals surface area contributed by atoms with Gasteiger partial charge in [-0.3, -0.25) is 14.7 Å². The Balaban J connectivity index is 1.32. The molecule has 0 bridgehead atoms. The number of rotatable bonds is 4. The van der Waals surface area contributed by atoms with Crippen LogP contribution in [0.1, 0.15) is 45.5 Å². The van der Waals surface area contributed by atoms with E-state index in [2.05, 4.69) is 20.5 Å². The van der Waals surface area contributed by atoms with Crippen molar-refractivity contribution >= 4 is 11.7 Å². The lowest BCUT2D eigenvalue weighted by Gasteiger charge is -2.15. The van der Waals surface area contributed by atoms with Gasteiger partial charge < -0.3 is 5.32 Å². The Labute approximate surface area is 170 Å². The number of Topliss-reactive ketones (excluding diaryl/α,β-unsaturated/α-hetero) is 1. The number of carbonyl (C=O) groups excluding carboxylic acids is 2. The molecule has 2 aliphatic rings. The smallest absolute Gasteiger partial charge is 0.291 e. The number of hydrogen-bond acceptors (Lipinski definition) is 4. The summed E-state index contributed by atoms with van der Waals surface area (Å²) in [6, 6.07) is 10.9. The van der Waals surface area contributed by atoms with E-state index in [-0.39, 0.29) is 35.4 Å². The molecule has 0 radical (unpaired) electrons. The zero-order valence-corrected chi connectivity index (χ0v) is 15.9. The maximum atomic E-state index is 14.2. The maximum absolute atomic E-state index is 14.2. The highest BCUT2D eigenvalue weighted by molar-refractivity contribution is 5.97. The number of carbonyl (C=O) groups is 2. The molecule has 0 saturated heterocycles. The van der Waals surface area contributed by atoms with Crippen molar-refractivity contribution < 1.29 is 18.4 Å². The Bertz CT molecular complexity index is 1150. The van der Waals surface area contributed by atoms with Crippen LogP contribution in [0.4, 0.5) is 8.78 Å². The van der Waals surface area contributed by atoms with Gasteiger partial charge in [0, 0.05) is 18.9 Å². The van der Waals surface area contributed by atoms with E-state index in [1.54, 1.807) is 0 Å². The number of nitrogens with zero attached hydrogens (tertiary/aromatic N) is 2. The van der Waals surface area contributed by atoms with E-state index in [0.717, 1.165) is 11.6 Å². The maximum Gasteiger partial charge on any atom is 0.291 e. The van der Waals surface area contributed by atoms with E-state index < -0.39 is 23.6 Å². The van der Waals surface area contributed by atoms with Gasteiger partial charge in [-0.25, -0.2) is 13.8 Å². The molecule has 1 aromatic heterocycles. The predicted octanol–water partition coefficient (Wildman–Crippen LogP) is 2.70. The molecule has 1 heterocycles. The minimum absolute atomic E-state index is 0.0510. The summed E-state index contributed by atoms with van der Waals surface area (Å²) in [5.74, 6) is -2.05. The number of aromatic nitrogens is 3. The molecule has 6 nitrogen and oxygen atoms in total. The normalized spacial score (nSPS) is 22.1. The second-order valence-corrected chi connectivity index (χ2v) is 7.82. The molecule has 0 spiro atoms. The number of ketones is 1. The number of benzene rings is 2. The average Bonchev–Trinajstić information content (AvgIpc) is 3.39. The first-order valence-corrected chi connectivity index (χ1v) is 9.76. The van der Waals surface area contributed by atoms with Crippen LogP contribution in [0.25, 0.3) is 0 Å². The van der Waals surface area contributed by atoms with Crippen LogP contribution in [0.5, 0.6) is 0 Å². The van der Waals surface area contributed by atoms with Gasteiger partial charge in [0.05, 0.1) is 6.04 Å². The van der Waals surface area contributed by atoms with Crippen LogP contribution in [0.2, 0.25) is 0 Å². The molecule has 30 heavy (non-hydrogen) atoms. The van der Waals surface area contributed by atoms with Gasteiger partial charge in [0.2, 0.25) is 5.82 Å². The number of H-pyrrole nitrogens is 1. The Kier molecular flexibility index (Phi) is 4.42. The standard InChI is InChI=1S/C22H18F2N4O2/c23-12-7-13-14-9-16(14)20(18(29)10-15(13)17(24)8-12)26-22(30)21-25-19(27-28-21)6-11-4-2-1-3-5-11/h1-5,7-8,14,16,20H,6,9-10H2,(H,26,30)(H,25,27,28)/t14-,16?,20-/m0/s1. The van der Waals surface area contributed by atoms with E-state index in [1.807, 2.05) is 30.3 Å². The highest BCUT2D eigenvalue weighted by atomic mass is 19.1. The highest BCUT2D eigenvalue weighted by Gasteiger charge is 2.51. The largest absolute Gasteiger partial charge is 0.339 e. The quantitative estimate of drug-likeness (QED) is 0.695. The number of halogens is 2. The summed E-state index contributed by atoms with van der Waals surface area (Å²) in [5.41, 5.74) is 1.78. The summed E-state index contributed by atoms with van der Waals surface area (Å²) < 4.78 is 27.9. The fourth-order valence-electron chi connectivity index (χ4n) is 4.26. The Morgan fingerprint density at radius 2 is 2.00 bits per heavy atom. The first kappa shape index (κ1) is 18.6. The lowest BCUT2D eigenvalue weighted by molar-refractivity contribution is -0.120. The highest BCUT2D eigenvalue weighted by Crippen LogP contribution is 2.53. The van der Waals surface area contributed by atoms with Crippen LogP contribution in [-0.2, 0) is 17.6 Å². The molecule has 3 aromatic rings. The van der Waals surface area contributed by atoms with Gasteiger partial charge in [-0.15, -0.1) is 5.10 Å². The molecule has 1 amide bonds. The molecular weight excluding hydrogens is 390 g/mol. The molecule has 2 aliphatic carbocycles. The molecule has 1 unspecified atom stereocenters. The summed E-state index contributed by atoms with van der Waals surface area (Å²) in [4.78, 5) is 29.6. The third-order valence-corrected chi connectivity index (χ3v) is 5.80. The van der Waals surface area contributed by atoms with Gasteiger partial charge in [-0.05, 0) is 41.0 Å². The molecule has 2 aromatic carbocycles. The van der Waals surface area contributed by atoms with Crippen molar-refractivity contribution in [3.63, 3.8) is 0 Å². The molecule has 1 saturated carbocycles. The van der Waals surface area contributed by atoms with E-state index in [0.29, 0.717) is 24.2 Å². The third kappa shape index (κ3) is 3.38. The summed E-state index contributed by atoms with van der Waals surface area (Å²) in [7, 11) is 0. The minimum atomic E-state index is -0.770. The van der Waals surface area contributed by atoms with Crippen LogP contribution >= 0.6 is 0 Å². The second kappa shape index (κ2) is 7.12. The molecular formula is C22H18F2N4O2.